The topological polar surface area (TPSA) is 68.0 Å². The molecule has 2 rings (SSSR count). The zero-order chi connectivity index (χ0) is 20.4. The van der Waals surface area contributed by atoms with Crippen molar-refractivity contribution in [3.8, 4) is 0 Å². The summed E-state index contributed by atoms with van der Waals surface area (Å²) in [6.07, 6.45) is -8.87. The molecule has 0 fully saturated rings. The van der Waals surface area contributed by atoms with Crippen LogP contribution in [0.5, 0.6) is 0 Å². The Morgan fingerprint density at radius 2 is 1.59 bits per heavy atom. The summed E-state index contributed by atoms with van der Waals surface area (Å²) < 4.78 is 77.4. The maximum Gasteiger partial charge on any atom is 0.416 e. The minimum absolute atomic E-state index is 0.0192. The van der Waals surface area contributed by atoms with Crippen LogP contribution < -0.4 is 11.1 Å². The maximum absolute atomic E-state index is 12.9. The second-order valence-electron chi connectivity index (χ2n) is 5.57. The van der Waals surface area contributed by atoms with E-state index in [4.69, 9.17) is 17.3 Å². The van der Waals surface area contributed by atoms with Crippen LogP contribution in [0.1, 0.15) is 22.3 Å². The van der Waals surface area contributed by atoms with Crippen LogP contribution in [0.4, 0.5) is 32.0 Å². The Bertz CT molecular complexity index is 819. The van der Waals surface area contributed by atoms with Gasteiger partial charge in [0, 0.05) is 24.0 Å². The van der Waals surface area contributed by atoms with Crippen molar-refractivity contribution in [1.82, 2.24) is 4.98 Å². The molecule has 0 atom stereocenters. The molecule has 0 aliphatic heterocycles. The highest BCUT2D eigenvalue weighted by Crippen LogP contribution is 2.36. The first-order valence-corrected chi connectivity index (χ1v) is 7.69. The van der Waals surface area contributed by atoms with E-state index in [-0.39, 0.29) is 35.4 Å². The number of hydrogen-bond acceptors (Lipinski definition) is 3. The van der Waals surface area contributed by atoms with Crippen molar-refractivity contribution in [3.63, 3.8) is 0 Å². The van der Waals surface area contributed by atoms with E-state index >= 15 is 0 Å². The number of nitrogens with zero attached hydrogens (tertiary/aromatic N) is 1. The number of nitrogens with one attached hydrogen (secondary N) is 1. The highest BCUT2D eigenvalue weighted by atomic mass is 35.5. The van der Waals surface area contributed by atoms with Gasteiger partial charge < -0.3 is 11.1 Å². The Morgan fingerprint density at radius 1 is 1.04 bits per heavy atom. The lowest BCUT2D eigenvalue weighted by Crippen LogP contribution is -2.16. The molecule has 1 amide bonds. The van der Waals surface area contributed by atoms with Gasteiger partial charge in [-0.25, -0.2) is 4.98 Å². The largest absolute Gasteiger partial charge is 0.416 e. The van der Waals surface area contributed by atoms with Crippen molar-refractivity contribution in [2.24, 2.45) is 5.73 Å². The van der Waals surface area contributed by atoms with Crippen LogP contribution in [-0.4, -0.2) is 10.9 Å². The summed E-state index contributed by atoms with van der Waals surface area (Å²) in [7, 11) is 0. The predicted octanol–water partition coefficient (Wildman–Crippen LogP) is 4.41. The lowest BCUT2D eigenvalue weighted by Gasteiger charge is -2.16. The fourth-order valence-electron chi connectivity index (χ4n) is 2.27. The van der Waals surface area contributed by atoms with Crippen LogP contribution in [0.15, 0.2) is 30.5 Å². The van der Waals surface area contributed by atoms with Crippen molar-refractivity contribution >= 4 is 23.2 Å². The monoisotopic (exact) mass is 411 g/mol. The van der Waals surface area contributed by atoms with E-state index in [0.29, 0.717) is 17.7 Å². The number of pyridine rings is 1. The molecule has 27 heavy (non-hydrogen) atoms. The molecule has 0 bridgehead atoms. The molecule has 0 spiro atoms. The molecule has 0 unspecified atom stereocenters. The minimum Gasteiger partial charge on any atom is -0.381 e. The van der Waals surface area contributed by atoms with Gasteiger partial charge in [-0.15, -0.1) is 0 Å². The van der Waals surface area contributed by atoms with E-state index in [1.807, 2.05) is 0 Å². The van der Waals surface area contributed by atoms with E-state index < -0.39 is 29.4 Å². The molecule has 0 saturated carbocycles. The van der Waals surface area contributed by atoms with Crippen molar-refractivity contribution in [1.29, 1.82) is 0 Å². The third-order valence-corrected chi connectivity index (χ3v) is 3.65. The highest BCUT2D eigenvalue weighted by Gasteiger charge is 2.36. The first-order valence-electron chi connectivity index (χ1n) is 7.31. The number of primary amides is 1. The van der Waals surface area contributed by atoms with Crippen LogP contribution in [0.2, 0.25) is 5.15 Å². The lowest BCUT2D eigenvalue weighted by atomic mass is 10.0. The summed E-state index contributed by atoms with van der Waals surface area (Å²) in [5.74, 6) is -0.694. The fraction of sp³-hybridized carbons (Fsp3) is 0.250. The average molecular weight is 412 g/mol. The summed E-state index contributed by atoms with van der Waals surface area (Å²) in [5.41, 5.74) is 2.53. The first-order chi connectivity index (χ1) is 12.4. The Morgan fingerprint density at radius 3 is 2.07 bits per heavy atom. The van der Waals surface area contributed by atoms with Gasteiger partial charge >= 0.3 is 12.4 Å². The van der Waals surface area contributed by atoms with Crippen LogP contribution in [-0.2, 0) is 30.1 Å². The molecular formula is C16H12ClF6N3O. The number of alkyl halides is 6. The normalized spacial score (nSPS) is 12.1. The SMILES string of the molecule is NC(=O)Cc1cnc(Cl)cc1NCc1cc(C(F)(F)F)cc(C(F)(F)F)c1. The molecule has 3 N–H and O–H groups in total. The number of carbonyl (C=O) groups is 1. The molecule has 1 aromatic carbocycles. The number of nitrogens with two attached hydrogens (primary N) is 1. The number of aromatic nitrogens is 1. The van der Waals surface area contributed by atoms with Gasteiger partial charge in [-0.3, -0.25) is 4.79 Å². The predicted molar refractivity (Wildman–Crippen MR) is 85.9 cm³/mol. The molecule has 1 aromatic heterocycles. The van der Waals surface area contributed by atoms with Gasteiger partial charge in [0.2, 0.25) is 5.91 Å². The second-order valence-corrected chi connectivity index (χ2v) is 5.96. The fourth-order valence-corrected chi connectivity index (χ4v) is 2.43. The third kappa shape index (κ3) is 5.75. The first kappa shape index (κ1) is 20.8. The van der Waals surface area contributed by atoms with E-state index in [1.54, 1.807) is 0 Å². The van der Waals surface area contributed by atoms with Crippen molar-refractivity contribution in [3.05, 3.63) is 57.9 Å². The number of rotatable bonds is 5. The molecule has 11 heteroatoms. The lowest BCUT2D eigenvalue weighted by molar-refractivity contribution is -0.143. The van der Waals surface area contributed by atoms with Gasteiger partial charge in [0.15, 0.2) is 0 Å². The van der Waals surface area contributed by atoms with E-state index in [2.05, 4.69) is 10.3 Å². The number of hydrogen-bond donors (Lipinski definition) is 2. The number of halogens is 7. The molecular weight excluding hydrogens is 400 g/mol. The molecule has 146 valence electrons. The summed E-state index contributed by atoms with van der Waals surface area (Å²) in [6.45, 7) is -0.376. The van der Waals surface area contributed by atoms with Gasteiger partial charge in [0.05, 0.1) is 17.5 Å². The molecule has 0 aliphatic carbocycles. The minimum atomic E-state index is -4.94. The molecule has 4 nitrogen and oxygen atoms in total. The van der Waals surface area contributed by atoms with Crippen LogP contribution in [0.25, 0.3) is 0 Å². The van der Waals surface area contributed by atoms with Gasteiger partial charge in [-0.05, 0) is 29.8 Å². The standard InChI is InChI=1S/C16H12ClF6N3O/c17-13-5-12(9(7-26-13)3-14(24)27)25-6-8-1-10(15(18,19)20)4-11(2-8)16(21,22)23/h1-2,4-5,7H,3,6H2,(H2,24,27)(H,25,26). The van der Waals surface area contributed by atoms with E-state index in [1.165, 1.54) is 12.3 Å². The number of carbonyl (C=O) groups excluding carboxylic acids is 1. The van der Waals surface area contributed by atoms with Gasteiger partial charge in [-0.2, -0.15) is 26.3 Å². The van der Waals surface area contributed by atoms with E-state index in [0.717, 1.165) is 0 Å². The van der Waals surface area contributed by atoms with Gasteiger partial charge in [0.25, 0.3) is 0 Å². The van der Waals surface area contributed by atoms with Crippen molar-refractivity contribution in [2.45, 2.75) is 25.3 Å². The Kier molecular flexibility index (Phi) is 5.88. The Hall–Kier alpha value is -2.49. The second kappa shape index (κ2) is 7.63. The molecule has 0 aliphatic rings. The maximum atomic E-state index is 12.9. The zero-order valence-corrected chi connectivity index (χ0v) is 14.1. The summed E-state index contributed by atoms with van der Waals surface area (Å²) in [6, 6.07) is 2.56. The van der Waals surface area contributed by atoms with Crippen LogP contribution >= 0.6 is 11.6 Å². The van der Waals surface area contributed by atoms with Crippen LogP contribution in [0, 0.1) is 0 Å². The number of anilines is 1. The average Bonchev–Trinajstić information content (AvgIpc) is 2.52. The molecule has 0 saturated heterocycles. The Balaban J connectivity index is 2.35. The smallest absolute Gasteiger partial charge is 0.381 e. The number of amides is 1. The zero-order valence-electron chi connectivity index (χ0n) is 13.4. The van der Waals surface area contributed by atoms with Crippen molar-refractivity contribution in [2.75, 3.05) is 5.32 Å². The van der Waals surface area contributed by atoms with Crippen LogP contribution in [0.3, 0.4) is 0 Å². The Labute approximate surface area is 154 Å². The van der Waals surface area contributed by atoms with Gasteiger partial charge in [-0.1, -0.05) is 11.6 Å². The van der Waals surface area contributed by atoms with Gasteiger partial charge in [0.1, 0.15) is 5.15 Å². The highest BCUT2D eigenvalue weighted by molar-refractivity contribution is 6.29. The third-order valence-electron chi connectivity index (χ3n) is 3.45. The molecule has 1 heterocycles. The summed E-state index contributed by atoms with van der Waals surface area (Å²) in [4.78, 5) is 14.8. The van der Waals surface area contributed by atoms with E-state index in [9.17, 15) is 31.1 Å². The molecule has 2 aromatic rings. The number of benzene rings is 1. The van der Waals surface area contributed by atoms with Crippen molar-refractivity contribution < 1.29 is 31.1 Å². The quantitative estimate of drug-likeness (QED) is 0.565. The summed E-state index contributed by atoms with van der Waals surface area (Å²) in [5, 5.41) is 2.69. The summed E-state index contributed by atoms with van der Waals surface area (Å²) >= 11 is 5.74. The molecule has 0 radical (unpaired) electrons.